The first-order valence-electron chi connectivity index (χ1n) is 14.8. The van der Waals surface area contributed by atoms with E-state index in [1.165, 1.54) is 42.4 Å². The van der Waals surface area contributed by atoms with Crippen molar-refractivity contribution in [1.29, 1.82) is 0 Å². The van der Waals surface area contributed by atoms with Gasteiger partial charge in [0.15, 0.2) is 17.5 Å². The molecule has 0 aliphatic heterocycles. The van der Waals surface area contributed by atoms with Gasteiger partial charge in [0.2, 0.25) is 0 Å². The van der Waals surface area contributed by atoms with E-state index in [1.54, 1.807) is 0 Å². The van der Waals surface area contributed by atoms with Crippen molar-refractivity contribution in [2.75, 3.05) is 0 Å². The summed E-state index contributed by atoms with van der Waals surface area (Å²) in [7, 11) is 0. The summed E-state index contributed by atoms with van der Waals surface area (Å²) in [5, 5.41) is 2.48. The third kappa shape index (κ3) is 3.65. The van der Waals surface area contributed by atoms with Gasteiger partial charge in [-0.2, -0.15) is 0 Å². The molecule has 0 fully saturated rings. The molecule has 0 amide bonds. The van der Waals surface area contributed by atoms with Crippen LogP contribution in [0.3, 0.4) is 0 Å². The van der Waals surface area contributed by atoms with Gasteiger partial charge >= 0.3 is 0 Å². The van der Waals surface area contributed by atoms with Crippen LogP contribution >= 0.6 is 11.3 Å². The molecule has 206 valence electrons. The maximum Gasteiger partial charge on any atom is 0.163 e. The fourth-order valence-electron chi connectivity index (χ4n) is 6.86. The zero-order chi connectivity index (χ0) is 29.1. The molecule has 8 aromatic rings. The largest absolute Gasteiger partial charge is 0.211 e. The summed E-state index contributed by atoms with van der Waals surface area (Å²) in [6.07, 6.45) is 0. The van der Waals surface area contributed by atoms with Gasteiger partial charge in [-0.15, -0.1) is 11.3 Å². The van der Waals surface area contributed by atoms with Crippen molar-refractivity contribution >= 4 is 31.5 Å². The topological polar surface area (TPSA) is 38.7 Å². The second kappa shape index (κ2) is 9.80. The fourth-order valence-corrected chi connectivity index (χ4v) is 7.94. The van der Waals surface area contributed by atoms with Crippen LogP contribution < -0.4 is 0 Å². The normalized spacial score (nSPS) is 13.2. The highest BCUT2D eigenvalue weighted by Gasteiger charge is 2.48. The Labute approximate surface area is 259 Å². The Morgan fingerprint density at radius 3 is 1.73 bits per heavy atom. The van der Waals surface area contributed by atoms with E-state index in [1.807, 2.05) is 29.5 Å². The van der Waals surface area contributed by atoms with E-state index in [-0.39, 0.29) is 0 Å². The lowest BCUT2D eigenvalue weighted by atomic mass is 9.71. The van der Waals surface area contributed by atoms with E-state index in [0.717, 1.165) is 22.5 Å². The van der Waals surface area contributed by atoms with Gasteiger partial charge in [0.1, 0.15) is 5.41 Å². The Kier molecular flexibility index (Phi) is 5.59. The number of rotatable bonds is 4. The standard InChI is InChI=1S/C40H25N3S/c1-3-13-26(14-4-1)37-41-38(27-23-24-36-32(25-27)31-19-9-12-22-35(31)44-36)43-39(42-37)40(28-15-5-2-6-16-28)33-20-10-7-17-29(33)30-18-8-11-21-34(30)40/h1-25H. The summed E-state index contributed by atoms with van der Waals surface area (Å²) in [4.78, 5) is 15.9. The van der Waals surface area contributed by atoms with Gasteiger partial charge in [-0.25, -0.2) is 15.0 Å². The van der Waals surface area contributed by atoms with Gasteiger partial charge in [0.05, 0.1) is 0 Å². The Morgan fingerprint density at radius 2 is 1.00 bits per heavy atom. The van der Waals surface area contributed by atoms with Crippen molar-refractivity contribution < 1.29 is 0 Å². The predicted octanol–water partition coefficient (Wildman–Crippen LogP) is 9.94. The number of nitrogens with zero attached hydrogens (tertiary/aromatic N) is 3. The summed E-state index contributed by atoms with van der Waals surface area (Å²) < 4.78 is 2.54. The van der Waals surface area contributed by atoms with E-state index in [2.05, 4.69) is 133 Å². The van der Waals surface area contributed by atoms with E-state index < -0.39 is 5.41 Å². The van der Waals surface area contributed by atoms with Crippen LogP contribution in [0.4, 0.5) is 0 Å². The number of benzene rings is 6. The van der Waals surface area contributed by atoms with E-state index >= 15 is 0 Å². The van der Waals surface area contributed by atoms with Crippen molar-refractivity contribution in [3.8, 4) is 33.9 Å². The Bertz CT molecular complexity index is 2300. The molecule has 0 saturated carbocycles. The van der Waals surface area contributed by atoms with E-state index in [9.17, 15) is 0 Å². The molecule has 44 heavy (non-hydrogen) atoms. The molecular formula is C40H25N3S. The van der Waals surface area contributed by atoms with Gasteiger partial charge in [0.25, 0.3) is 0 Å². The maximum atomic E-state index is 5.41. The summed E-state index contributed by atoms with van der Waals surface area (Å²) in [6.45, 7) is 0. The maximum absolute atomic E-state index is 5.41. The molecule has 1 aliphatic rings. The highest BCUT2D eigenvalue weighted by atomic mass is 32.1. The minimum absolute atomic E-state index is 0.665. The summed E-state index contributed by atoms with van der Waals surface area (Å²) in [5.41, 5.74) is 7.14. The Balaban J connectivity index is 1.38. The van der Waals surface area contributed by atoms with Crippen molar-refractivity contribution in [3.05, 3.63) is 174 Å². The number of aromatic nitrogens is 3. The van der Waals surface area contributed by atoms with Crippen molar-refractivity contribution in [2.45, 2.75) is 5.41 Å². The van der Waals surface area contributed by atoms with Crippen LogP contribution in [0, 0.1) is 0 Å². The number of hydrogen-bond acceptors (Lipinski definition) is 4. The minimum Gasteiger partial charge on any atom is -0.211 e. The van der Waals surface area contributed by atoms with Crippen molar-refractivity contribution in [1.82, 2.24) is 15.0 Å². The molecule has 0 atom stereocenters. The zero-order valence-electron chi connectivity index (χ0n) is 23.7. The second-order valence-electron chi connectivity index (χ2n) is 11.2. The first-order chi connectivity index (χ1) is 21.8. The van der Waals surface area contributed by atoms with Crippen molar-refractivity contribution in [3.63, 3.8) is 0 Å². The van der Waals surface area contributed by atoms with Crippen LogP contribution in [-0.4, -0.2) is 15.0 Å². The van der Waals surface area contributed by atoms with Crippen LogP contribution in [0.5, 0.6) is 0 Å². The highest BCUT2D eigenvalue weighted by Crippen LogP contribution is 2.55. The van der Waals surface area contributed by atoms with Crippen LogP contribution in [0.25, 0.3) is 54.1 Å². The fraction of sp³-hybridized carbons (Fsp3) is 0.0250. The first-order valence-corrected chi connectivity index (χ1v) is 15.6. The van der Waals surface area contributed by atoms with E-state index in [0.29, 0.717) is 11.6 Å². The van der Waals surface area contributed by atoms with Crippen LogP contribution in [0.15, 0.2) is 152 Å². The molecule has 2 heterocycles. The molecule has 0 radical (unpaired) electrons. The Hall–Kier alpha value is -5.45. The average Bonchev–Trinajstić information content (AvgIpc) is 3.62. The van der Waals surface area contributed by atoms with Gasteiger partial charge < -0.3 is 0 Å². The molecule has 0 unspecified atom stereocenters. The number of hydrogen-bond donors (Lipinski definition) is 0. The van der Waals surface area contributed by atoms with Crippen LogP contribution in [0.2, 0.25) is 0 Å². The summed E-state index contributed by atoms with van der Waals surface area (Å²) in [5.74, 6) is 2.06. The SMILES string of the molecule is c1ccc(-c2nc(-c3ccc4sc5ccccc5c4c3)nc(C3(c4ccccc4)c4ccccc4-c4ccccc43)n2)cc1. The summed E-state index contributed by atoms with van der Waals surface area (Å²) >= 11 is 1.82. The van der Waals surface area contributed by atoms with Gasteiger partial charge in [0, 0.05) is 31.3 Å². The number of fused-ring (bicyclic) bond motifs is 6. The average molecular weight is 580 g/mol. The first kappa shape index (κ1) is 25.1. The molecule has 0 bridgehead atoms. The van der Waals surface area contributed by atoms with E-state index in [4.69, 9.17) is 15.0 Å². The molecule has 9 rings (SSSR count). The van der Waals surface area contributed by atoms with Gasteiger partial charge in [-0.3, -0.25) is 0 Å². The number of thiophene rings is 1. The molecule has 0 saturated heterocycles. The molecule has 2 aromatic heterocycles. The van der Waals surface area contributed by atoms with Crippen molar-refractivity contribution in [2.24, 2.45) is 0 Å². The minimum atomic E-state index is -0.713. The lowest BCUT2D eigenvalue weighted by Crippen LogP contribution is -2.31. The predicted molar refractivity (Wildman–Crippen MR) is 181 cm³/mol. The molecule has 4 heteroatoms. The van der Waals surface area contributed by atoms with Crippen LogP contribution in [0.1, 0.15) is 22.5 Å². The quantitative estimate of drug-likeness (QED) is 0.208. The lowest BCUT2D eigenvalue weighted by Gasteiger charge is -2.31. The molecule has 3 nitrogen and oxygen atoms in total. The molecule has 1 aliphatic carbocycles. The monoisotopic (exact) mass is 579 g/mol. The van der Waals surface area contributed by atoms with Gasteiger partial charge in [-0.05, 0) is 52.1 Å². The zero-order valence-corrected chi connectivity index (χ0v) is 24.5. The third-order valence-corrected chi connectivity index (χ3v) is 9.95. The van der Waals surface area contributed by atoms with Crippen LogP contribution in [-0.2, 0) is 5.41 Å². The van der Waals surface area contributed by atoms with Gasteiger partial charge in [-0.1, -0.05) is 127 Å². The molecule has 0 N–H and O–H groups in total. The Morgan fingerprint density at radius 1 is 0.432 bits per heavy atom. The molecular weight excluding hydrogens is 555 g/mol. The third-order valence-electron chi connectivity index (χ3n) is 8.80. The smallest absolute Gasteiger partial charge is 0.163 e. The summed E-state index contributed by atoms with van der Waals surface area (Å²) in [6, 6.07) is 53.5. The lowest BCUT2D eigenvalue weighted by molar-refractivity contribution is 0.692. The highest BCUT2D eigenvalue weighted by molar-refractivity contribution is 7.25. The molecule has 6 aromatic carbocycles. The molecule has 0 spiro atoms. The second-order valence-corrected chi connectivity index (χ2v) is 12.3.